The molecule has 1 atom stereocenters. The molecule has 8 heteroatoms. The van der Waals surface area contributed by atoms with Crippen LogP contribution < -0.4 is 0 Å². The first-order valence-electron chi connectivity index (χ1n) is 9.63. The van der Waals surface area contributed by atoms with Crippen molar-refractivity contribution < 1.29 is 13.6 Å². The third-order valence-electron chi connectivity index (χ3n) is 6.22. The van der Waals surface area contributed by atoms with Crippen molar-refractivity contribution in [3.05, 3.63) is 65.7 Å². The first kappa shape index (κ1) is 17.9. The Balaban J connectivity index is 1.42. The minimum atomic E-state index is -1.01. The van der Waals surface area contributed by atoms with E-state index in [2.05, 4.69) is 15.2 Å². The maximum absolute atomic E-state index is 13.6. The summed E-state index contributed by atoms with van der Waals surface area (Å²) in [5.74, 6) is -0.858. The summed E-state index contributed by atoms with van der Waals surface area (Å²) >= 11 is 0. The van der Waals surface area contributed by atoms with Gasteiger partial charge < -0.3 is 4.90 Å². The molecule has 2 aliphatic rings. The van der Waals surface area contributed by atoms with Gasteiger partial charge in [0, 0.05) is 42.5 Å². The number of hydrogen-bond acceptors (Lipinski definition) is 4. The number of aromatic amines is 1. The molecular weight excluding hydrogens is 376 g/mol. The number of aromatic nitrogens is 4. The van der Waals surface area contributed by atoms with Crippen LogP contribution in [0.15, 0.2) is 42.7 Å². The largest absolute Gasteiger partial charge is 0.337 e. The first-order chi connectivity index (χ1) is 14.1. The summed E-state index contributed by atoms with van der Waals surface area (Å²) < 4.78 is 26.8. The number of likely N-dealkylation sites (tertiary alicyclic amines) is 1. The Labute approximate surface area is 166 Å². The number of nitrogens with zero attached hydrogens (tertiary/aromatic N) is 4. The van der Waals surface area contributed by atoms with Crippen molar-refractivity contribution in [1.82, 2.24) is 25.1 Å². The number of H-pyrrole nitrogens is 1. The maximum atomic E-state index is 13.6. The highest BCUT2D eigenvalue weighted by Gasteiger charge is 2.53. The Kier molecular flexibility index (Phi) is 4.15. The summed E-state index contributed by atoms with van der Waals surface area (Å²) in [6.07, 6.45) is 6.50. The fourth-order valence-corrected chi connectivity index (χ4v) is 4.51. The van der Waals surface area contributed by atoms with Crippen LogP contribution in [0.5, 0.6) is 0 Å². The topological polar surface area (TPSA) is 74.8 Å². The van der Waals surface area contributed by atoms with Gasteiger partial charge in [-0.1, -0.05) is 6.42 Å². The molecule has 1 saturated carbocycles. The van der Waals surface area contributed by atoms with E-state index in [1.54, 1.807) is 17.3 Å². The van der Waals surface area contributed by atoms with Crippen molar-refractivity contribution in [3.63, 3.8) is 0 Å². The lowest BCUT2D eigenvalue weighted by molar-refractivity contribution is 0.0723. The van der Waals surface area contributed by atoms with E-state index in [1.165, 1.54) is 6.07 Å². The number of carbonyl (C=O) groups excluding carboxylic acids is 1. The van der Waals surface area contributed by atoms with Crippen LogP contribution in [0.1, 0.15) is 41.4 Å². The molecule has 1 aliphatic carbocycles. The van der Waals surface area contributed by atoms with Gasteiger partial charge in [0.15, 0.2) is 17.5 Å². The van der Waals surface area contributed by atoms with E-state index in [0.29, 0.717) is 18.9 Å². The predicted octanol–water partition coefficient (Wildman–Crippen LogP) is 3.55. The number of carbonyl (C=O) groups is 1. The molecule has 0 radical (unpaired) electrons. The molecule has 2 fully saturated rings. The van der Waals surface area contributed by atoms with Gasteiger partial charge in [-0.25, -0.2) is 13.8 Å². The average molecular weight is 395 g/mol. The lowest BCUT2D eigenvalue weighted by atomic mass is 9.62. The predicted molar refractivity (Wildman–Crippen MR) is 101 cm³/mol. The van der Waals surface area contributed by atoms with Gasteiger partial charge in [0.1, 0.15) is 5.82 Å². The molecule has 1 N–H and O–H groups in total. The van der Waals surface area contributed by atoms with Crippen LogP contribution in [0.2, 0.25) is 0 Å². The second-order valence-corrected chi connectivity index (χ2v) is 7.86. The molecule has 2 aromatic heterocycles. The van der Waals surface area contributed by atoms with Crippen LogP contribution in [0.3, 0.4) is 0 Å². The zero-order valence-corrected chi connectivity index (χ0v) is 15.6. The number of benzene rings is 1. The van der Waals surface area contributed by atoms with Crippen LogP contribution in [0.25, 0.3) is 11.4 Å². The summed E-state index contributed by atoms with van der Waals surface area (Å²) in [6.45, 7) is 1.06. The molecule has 5 rings (SSSR count). The lowest BCUT2D eigenvalue weighted by Gasteiger charge is -2.41. The molecule has 1 saturated heterocycles. The zero-order chi connectivity index (χ0) is 20.0. The molecule has 1 spiro atoms. The minimum absolute atomic E-state index is 0.0357. The Morgan fingerprint density at radius 2 is 1.93 bits per heavy atom. The van der Waals surface area contributed by atoms with Crippen LogP contribution in [0, 0.1) is 17.0 Å². The Hall–Kier alpha value is -3.16. The van der Waals surface area contributed by atoms with Crippen LogP contribution >= 0.6 is 0 Å². The number of halogens is 2. The molecule has 6 nitrogen and oxygen atoms in total. The van der Waals surface area contributed by atoms with E-state index in [9.17, 15) is 13.6 Å². The van der Waals surface area contributed by atoms with Crippen molar-refractivity contribution in [2.75, 3.05) is 13.1 Å². The first-order valence-corrected chi connectivity index (χ1v) is 9.63. The third-order valence-corrected chi connectivity index (χ3v) is 6.22. The van der Waals surface area contributed by atoms with Gasteiger partial charge in [0.2, 0.25) is 0 Å². The molecule has 1 unspecified atom stereocenters. The lowest BCUT2D eigenvalue weighted by Crippen LogP contribution is -2.38. The van der Waals surface area contributed by atoms with Crippen molar-refractivity contribution in [3.8, 4) is 11.4 Å². The van der Waals surface area contributed by atoms with Gasteiger partial charge >= 0.3 is 0 Å². The summed E-state index contributed by atoms with van der Waals surface area (Å²) in [6, 6.07) is 6.98. The van der Waals surface area contributed by atoms with Crippen LogP contribution in [0.4, 0.5) is 8.78 Å². The number of hydrogen-bond donors (Lipinski definition) is 1. The quantitative estimate of drug-likeness (QED) is 0.736. The summed E-state index contributed by atoms with van der Waals surface area (Å²) in [4.78, 5) is 23.4. The number of rotatable bonds is 3. The molecule has 1 aromatic carbocycles. The Morgan fingerprint density at radius 3 is 2.62 bits per heavy atom. The van der Waals surface area contributed by atoms with Crippen molar-refractivity contribution in [2.45, 2.75) is 25.2 Å². The summed E-state index contributed by atoms with van der Waals surface area (Å²) in [5, 5.41) is 7.40. The Morgan fingerprint density at radius 1 is 1.14 bits per heavy atom. The smallest absolute Gasteiger partial charge is 0.254 e. The highest BCUT2D eigenvalue weighted by Crippen LogP contribution is 2.55. The molecule has 1 amide bonds. The zero-order valence-electron chi connectivity index (χ0n) is 15.6. The van der Waals surface area contributed by atoms with Gasteiger partial charge in [-0.2, -0.15) is 5.10 Å². The number of amides is 1. The van der Waals surface area contributed by atoms with E-state index in [4.69, 9.17) is 4.98 Å². The van der Waals surface area contributed by atoms with Gasteiger partial charge in [-0.15, -0.1) is 0 Å². The fourth-order valence-electron chi connectivity index (χ4n) is 4.51. The maximum Gasteiger partial charge on any atom is 0.254 e. The average Bonchev–Trinajstić information content (AvgIpc) is 3.35. The molecule has 3 heterocycles. The summed E-state index contributed by atoms with van der Waals surface area (Å²) in [5.41, 5.74) is 0.996. The monoisotopic (exact) mass is 395 g/mol. The standard InChI is InChI=1S/C21H19F2N5O/c22-16-3-2-14(10-17(16)23)20(29)28-11-15(21(12-28)6-1-7-21)19-25-18(26-27-19)13-4-8-24-9-5-13/h2-5,8-10,15H,1,6-7,11-12H2,(H,25,26,27). The SMILES string of the molecule is O=C(c1ccc(F)c(F)c1)N1CC(c2nc(-c3ccncc3)n[nH]2)C2(CCC2)C1. The molecule has 0 bridgehead atoms. The molecule has 3 aromatic rings. The third kappa shape index (κ3) is 2.99. The molecule has 148 valence electrons. The fraction of sp³-hybridized carbons (Fsp3) is 0.333. The van der Waals surface area contributed by atoms with Crippen LogP contribution in [-0.4, -0.2) is 44.1 Å². The highest BCUT2D eigenvalue weighted by molar-refractivity contribution is 5.94. The van der Waals surface area contributed by atoms with Crippen LogP contribution in [-0.2, 0) is 0 Å². The summed E-state index contributed by atoms with van der Waals surface area (Å²) in [7, 11) is 0. The van der Waals surface area contributed by atoms with Crippen molar-refractivity contribution >= 4 is 5.91 Å². The molecule has 1 aliphatic heterocycles. The van der Waals surface area contributed by atoms with E-state index < -0.39 is 11.6 Å². The van der Waals surface area contributed by atoms with Gasteiger partial charge in [-0.05, 0) is 48.6 Å². The molecular formula is C21H19F2N5O. The number of nitrogens with one attached hydrogen (secondary N) is 1. The van der Waals surface area contributed by atoms with Gasteiger partial charge in [0.25, 0.3) is 5.91 Å². The minimum Gasteiger partial charge on any atom is -0.337 e. The normalized spacial score (nSPS) is 20.1. The van der Waals surface area contributed by atoms with Gasteiger partial charge in [0.05, 0.1) is 0 Å². The van der Waals surface area contributed by atoms with E-state index in [1.807, 2.05) is 12.1 Å². The van der Waals surface area contributed by atoms with E-state index in [0.717, 1.165) is 42.8 Å². The van der Waals surface area contributed by atoms with E-state index in [-0.39, 0.29) is 22.8 Å². The highest BCUT2D eigenvalue weighted by atomic mass is 19.2. The van der Waals surface area contributed by atoms with Crippen molar-refractivity contribution in [2.24, 2.45) is 5.41 Å². The van der Waals surface area contributed by atoms with Gasteiger partial charge in [-0.3, -0.25) is 14.9 Å². The number of pyridine rings is 1. The second kappa shape index (κ2) is 6.72. The van der Waals surface area contributed by atoms with E-state index >= 15 is 0 Å². The molecule has 29 heavy (non-hydrogen) atoms. The second-order valence-electron chi connectivity index (χ2n) is 7.86. The van der Waals surface area contributed by atoms with Crippen molar-refractivity contribution in [1.29, 1.82) is 0 Å². The Bertz CT molecular complexity index is 1060.